The molecule has 1 aromatic rings. The lowest BCUT2D eigenvalue weighted by Crippen LogP contribution is -1.92. The van der Waals surface area contributed by atoms with E-state index in [9.17, 15) is 8.42 Å². The molecule has 1 aromatic carbocycles. The Morgan fingerprint density at radius 3 is 2.42 bits per heavy atom. The summed E-state index contributed by atoms with van der Waals surface area (Å²) >= 11 is 4.00. The Labute approximate surface area is 81.4 Å². The first kappa shape index (κ1) is 9.89. The number of halogens is 1. The van der Waals surface area contributed by atoms with E-state index in [1.165, 1.54) is 6.07 Å². The van der Waals surface area contributed by atoms with Crippen LogP contribution in [0.3, 0.4) is 0 Å². The van der Waals surface area contributed by atoms with Crippen molar-refractivity contribution in [1.29, 1.82) is 0 Å². The zero-order valence-electron chi connectivity index (χ0n) is 6.28. The normalized spacial score (nSPS) is 11.6. The minimum Gasteiger partial charge on any atom is -0.207 e. The van der Waals surface area contributed by atoms with Crippen molar-refractivity contribution in [3.05, 3.63) is 23.8 Å². The van der Waals surface area contributed by atoms with Crippen LogP contribution in [0.25, 0.3) is 0 Å². The van der Waals surface area contributed by atoms with Gasteiger partial charge < -0.3 is 0 Å². The van der Waals surface area contributed by atoms with Crippen molar-refractivity contribution < 1.29 is 8.42 Å². The molecule has 0 aromatic heterocycles. The Morgan fingerprint density at radius 2 is 2.00 bits per heavy atom. The third-order valence-electron chi connectivity index (χ3n) is 1.38. The predicted octanol–water partition coefficient (Wildman–Crippen LogP) is 2.21. The molecule has 0 fully saturated rings. The van der Waals surface area contributed by atoms with Crippen LogP contribution in [0.15, 0.2) is 28.0 Å². The fourth-order valence-corrected chi connectivity index (χ4v) is 2.58. The van der Waals surface area contributed by atoms with Crippen LogP contribution < -0.4 is 0 Å². The monoisotopic (exact) mass is 222 g/mol. The number of hydrogen-bond acceptors (Lipinski definition) is 3. The maximum absolute atomic E-state index is 10.9. The lowest BCUT2D eigenvalue weighted by Gasteiger charge is -2.00. The van der Waals surface area contributed by atoms with Crippen molar-refractivity contribution in [1.82, 2.24) is 0 Å². The van der Waals surface area contributed by atoms with Crippen molar-refractivity contribution in [2.24, 2.45) is 0 Å². The lowest BCUT2D eigenvalue weighted by molar-refractivity contribution is 0.608. The number of rotatable bonds is 1. The highest BCUT2D eigenvalue weighted by Gasteiger charge is 2.12. The van der Waals surface area contributed by atoms with Gasteiger partial charge in [-0.05, 0) is 24.6 Å². The van der Waals surface area contributed by atoms with E-state index in [1.807, 2.05) is 6.92 Å². The molecule has 0 radical (unpaired) electrons. The Balaban J connectivity index is 3.39. The van der Waals surface area contributed by atoms with Crippen molar-refractivity contribution in [3.63, 3.8) is 0 Å². The molecular weight excluding hydrogens is 216 g/mol. The van der Waals surface area contributed by atoms with Crippen LogP contribution in [0.4, 0.5) is 0 Å². The summed E-state index contributed by atoms with van der Waals surface area (Å²) in [7, 11) is 1.49. The second-order valence-electron chi connectivity index (χ2n) is 2.41. The molecule has 0 unspecified atom stereocenters. The minimum absolute atomic E-state index is 0.0538. The highest BCUT2D eigenvalue weighted by molar-refractivity contribution is 8.14. The van der Waals surface area contributed by atoms with E-state index in [2.05, 4.69) is 12.6 Å². The van der Waals surface area contributed by atoms with Crippen molar-refractivity contribution >= 4 is 32.4 Å². The summed E-state index contributed by atoms with van der Waals surface area (Å²) in [4.78, 5) is 0.433. The van der Waals surface area contributed by atoms with E-state index in [0.29, 0.717) is 4.90 Å². The van der Waals surface area contributed by atoms with Crippen LogP contribution in [0.2, 0.25) is 0 Å². The quantitative estimate of drug-likeness (QED) is 0.584. The van der Waals surface area contributed by atoms with E-state index in [1.54, 1.807) is 12.1 Å². The second-order valence-corrected chi connectivity index (χ2v) is 5.43. The zero-order chi connectivity index (χ0) is 9.35. The summed E-state index contributed by atoms with van der Waals surface area (Å²) < 4.78 is 21.8. The molecular formula is C7H7ClO2S2. The molecule has 5 heteroatoms. The van der Waals surface area contributed by atoms with Crippen LogP contribution in [-0.2, 0) is 9.05 Å². The van der Waals surface area contributed by atoms with Crippen molar-refractivity contribution in [3.8, 4) is 0 Å². The molecule has 0 atom stereocenters. The van der Waals surface area contributed by atoms with Crippen molar-refractivity contribution in [2.45, 2.75) is 16.7 Å². The van der Waals surface area contributed by atoms with Gasteiger partial charge in [-0.2, -0.15) is 0 Å². The Morgan fingerprint density at radius 1 is 1.42 bits per heavy atom. The van der Waals surface area contributed by atoms with Gasteiger partial charge in [0.25, 0.3) is 9.05 Å². The van der Waals surface area contributed by atoms with Gasteiger partial charge in [0.05, 0.1) is 4.90 Å². The summed E-state index contributed by atoms with van der Waals surface area (Å²) in [5.41, 5.74) is 0.948. The van der Waals surface area contributed by atoms with E-state index in [4.69, 9.17) is 10.7 Å². The van der Waals surface area contributed by atoms with E-state index in [-0.39, 0.29) is 4.90 Å². The fraction of sp³-hybridized carbons (Fsp3) is 0.143. The standard InChI is InChI=1S/C7H7ClO2S2/c1-5-2-3-7(6(11)4-5)12(8,9)10/h2-4,11H,1H3. The highest BCUT2D eigenvalue weighted by Crippen LogP contribution is 2.23. The van der Waals surface area contributed by atoms with Gasteiger partial charge in [0.2, 0.25) is 0 Å². The first-order valence-corrected chi connectivity index (χ1v) is 5.91. The highest BCUT2D eigenvalue weighted by atomic mass is 35.7. The first-order valence-electron chi connectivity index (χ1n) is 3.15. The third kappa shape index (κ3) is 2.15. The summed E-state index contributed by atoms with van der Waals surface area (Å²) in [6.07, 6.45) is 0. The number of hydrogen-bond donors (Lipinski definition) is 1. The maximum Gasteiger partial charge on any atom is 0.262 e. The maximum atomic E-state index is 10.9. The smallest absolute Gasteiger partial charge is 0.207 e. The Kier molecular flexibility index (Phi) is 2.70. The molecule has 0 aliphatic heterocycles. The van der Waals surface area contributed by atoms with Gasteiger partial charge in [-0.1, -0.05) is 6.07 Å². The molecule has 0 saturated heterocycles. The number of benzene rings is 1. The molecule has 0 heterocycles. The lowest BCUT2D eigenvalue weighted by atomic mass is 10.2. The van der Waals surface area contributed by atoms with Gasteiger partial charge in [-0.3, -0.25) is 0 Å². The molecule has 0 amide bonds. The summed E-state index contributed by atoms with van der Waals surface area (Å²) in [5.74, 6) is 0. The van der Waals surface area contributed by atoms with Crippen LogP contribution in [0, 0.1) is 6.92 Å². The molecule has 0 aliphatic rings. The van der Waals surface area contributed by atoms with E-state index in [0.717, 1.165) is 5.56 Å². The van der Waals surface area contributed by atoms with Crippen LogP contribution in [0.1, 0.15) is 5.56 Å². The van der Waals surface area contributed by atoms with Crippen LogP contribution in [-0.4, -0.2) is 8.42 Å². The summed E-state index contributed by atoms with van der Waals surface area (Å²) in [6.45, 7) is 1.85. The fourth-order valence-electron chi connectivity index (χ4n) is 0.834. The molecule has 0 bridgehead atoms. The molecule has 66 valence electrons. The van der Waals surface area contributed by atoms with Gasteiger partial charge in [0, 0.05) is 15.6 Å². The average molecular weight is 223 g/mol. The van der Waals surface area contributed by atoms with Gasteiger partial charge in [0.15, 0.2) is 0 Å². The first-order chi connectivity index (χ1) is 5.41. The number of aryl methyl sites for hydroxylation is 1. The van der Waals surface area contributed by atoms with Crippen molar-refractivity contribution in [2.75, 3.05) is 0 Å². The molecule has 1 rings (SSSR count). The molecule has 0 saturated carbocycles. The largest absolute Gasteiger partial charge is 0.262 e. The zero-order valence-corrected chi connectivity index (χ0v) is 8.75. The minimum atomic E-state index is -3.65. The molecule has 0 aliphatic carbocycles. The average Bonchev–Trinajstić information content (AvgIpc) is 1.83. The number of thiol groups is 1. The predicted molar refractivity (Wildman–Crippen MR) is 51.5 cm³/mol. The van der Waals surface area contributed by atoms with Gasteiger partial charge >= 0.3 is 0 Å². The molecule has 0 spiro atoms. The third-order valence-corrected chi connectivity index (χ3v) is 3.28. The van der Waals surface area contributed by atoms with Gasteiger partial charge in [-0.25, -0.2) is 8.42 Å². The molecule has 12 heavy (non-hydrogen) atoms. The SMILES string of the molecule is Cc1ccc(S(=O)(=O)Cl)c(S)c1. The summed E-state index contributed by atoms with van der Waals surface area (Å²) in [6, 6.07) is 4.77. The van der Waals surface area contributed by atoms with Crippen LogP contribution in [0.5, 0.6) is 0 Å². The molecule has 0 N–H and O–H groups in total. The van der Waals surface area contributed by atoms with Crippen LogP contribution >= 0.6 is 23.3 Å². The van der Waals surface area contributed by atoms with Gasteiger partial charge in [-0.15, -0.1) is 12.6 Å². The van der Waals surface area contributed by atoms with E-state index >= 15 is 0 Å². The van der Waals surface area contributed by atoms with Gasteiger partial charge in [0.1, 0.15) is 0 Å². The summed E-state index contributed by atoms with van der Waals surface area (Å²) in [5, 5.41) is 0. The Hall–Kier alpha value is -0.190. The van der Waals surface area contributed by atoms with E-state index < -0.39 is 9.05 Å². The molecule has 2 nitrogen and oxygen atoms in total. The second kappa shape index (κ2) is 3.28. The Bertz CT molecular complexity index is 398. The topological polar surface area (TPSA) is 34.1 Å².